The van der Waals surface area contributed by atoms with E-state index in [4.69, 9.17) is 5.73 Å². The number of halogens is 2. The number of hydrogen-bond donors (Lipinski definition) is 1. The maximum absolute atomic E-state index is 14.6. The van der Waals surface area contributed by atoms with Crippen LogP contribution in [0.5, 0.6) is 0 Å². The molecule has 0 aliphatic carbocycles. The van der Waals surface area contributed by atoms with Crippen LogP contribution in [0.15, 0.2) is 53.7 Å². The molecular weight excluding hydrogens is 404 g/mol. The van der Waals surface area contributed by atoms with E-state index in [0.717, 1.165) is 18.6 Å². The van der Waals surface area contributed by atoms with Gasteiger partial charge in [0.25, 0.3) is 5.91 Å². The molecule has 3 aliphatic heterocycles. The summed E-state index contributed by atoms with van der Waals surface area (Å²) < 4.78 is 28.4. The first kappa shape index (κ1) is 19.5. The number of nitrogens with two attached hydrogens (primary N) is 1. The maximum Gasteiger partial charge on any atom is 0.269 e. The molecule has 2 aromatic rings. The topological polar surface area (TPSA) is 90.9 Å². The van der Waals surface area contributed by atoms with Gasteiger partial charge in [0.2, 0.25) is 0 Å². The monoisotopic (exact) mass is 423 g/mol. The van der Waals surface area contributed by atoms with Crippen LogP contribution >= 0.6 is 0 Å². The number of hydrogen-bond acceptors (Lipinski definition) is 7. The van der Waals surface area contributed by atoms with Gasteiger partial charge in [-0.3, -0.25) is 9.78 Å². The van der Waals surface area contributed by atoms with Crippen LogP contribution in [0.25, 0.3) is 5.57 Å². The van der Waals surface area contributed by atoms with Crippen molar-refractivity contribution in [3.63, 3.8) is 0 Å². The Bertz CT molecular complexity index is 1150. The molecule has 31 heavy (non-hydrogen) atoms. The van der Waals surface area contributed by atoms with Gasteiger partial charge in [-0.15, -0.1) is 5.12 Å². The van der Waals surface area contributed by atoms with E-state index in [2.05, 4.69) is 15.0 Å². The van der Waals surface area contributed by atoms with Crippen molar-refractivity contribution >= 4 is 17.7 Å². The SMILES string of the molecule is NC(=O)c1nccnc1C1=C2N=CC=CN2N(N2CCC[C@@H]2c2cc(F)ccc2F)C1. The van der Waals surface area contributed by atoms with E-state index in [-0.39, 0.29) is 11.7 Å². The highest BCUT2D eigenvalue weighted by atomic mass is 19.1. The highest BCUT2D eigenvalue weighted by Crippen LogP contribution is 2.41. The number of benzene rings is 1. The van der Waals surface area contributed by atoms with E-state index in [9.17, 15) is 13.6 Å². The van der Waals surface area contributed by atoms with Gasteiger partial charge in [0.1, 0.15) is 17.3 Å². The highest BCUT2D eigenvalue weighted by molar-refractivity contribution is 5.96. The maximum atomic E-state index is 14.6. The standard InChI is InChI=1S/C21H19F2N7O/c22-13-4-5-16(23)14(11-13)17-3-1-9-28(17)30-12-15(21-27-6-2-10-29(21)30)18-19(20(24)31)26-8-7-25-18/h2,4-8,10-11,17H,1,3,9,12H2,(H2,24,31)/t17-/m1/s1. The predicted molar refractivity (Wildman–Crippen MR) is 109 cm³/mol. The van der Waals surface area contributed by atoms with Crippen LogP contribution in [-0.4, -0.2) is 50.3 Å². The zero-order valence-electron chi connectivity index (χ0n) is 16.4. The summed E-state index contributed by atoms with van der Waals surface area (Å²) in [6, 6.07) is 3.19. The van der Waals surface area contributed by atoms with Crippen molar-refractivity contribution in [3.05, 3.63) is 77.3 Å². The molecule has 0 radical (unpaired) electrons. The largest absolute Gasteiger partial charge is 0.364 e. The molecule has 2 N–H and O–H groups in total. The second-order valence-corrected chi connectivity index (χ2v) is 7.40. The van der Waals surface area contributed by atoms with Crippen molar-refractivity contribution in [3.8, 4) is 0 Å². The summed E-state index contributed by atoms with van der Waals surface area (Å²) in [6.07, 6.45) is 9.65. The van der Waals surface area contributed by atoms with E-state index in [1.54, 1.807) is 12.3 Å². The first-order valence-corrected chi connectivity index (χ1v) is 9.88. The number of primary amides is 1. The summed E-state index contributed by atoms with van der Waals surface area (Å²) >= 11 is 0. The molecule has 1 amide bonds. The Kier molecular flexibility index (Phi) is 4.79. The van der Waals surface area contributed by atoms with Crippen LogP contribution in [0.4, 0.5) is 8.78 Å². The lowest BCUT2D eigenvalue weighted by Gasteiger charge is -2.39. The van der Waals surface area contributed by atoms with Gasteiger partial charge in [-0.1, -0.05) is 0 Å². The highest BCUT2D eigenvalue weighted by Gasteiger charge is 2.41. The molecule has 3 aliphatic rings. The molecular formula is C21H19F2N7O. The fraction of sp³-hybridized carbons (Fsp3) is 0.238. The van der Waals surface area contributed by atoms with Crippen molar-refractivity contribution < 1.29 is 13.6 Å². The predicted octanol–water partition coefficient (Wildman–Crippen LogP) is 2.41. The Labute approximate surface area is 176 Å². The molecule has 1 atom stereocenters. The molecule has 0 spiro atoms. The molecule has 10 heteroatoms. The number of allylic oxidation sites excluding steroid dienone is 1. The summed E-state index contributed by atoms with van der Waals surface area (Å²) in [4.78, 5) is 24.8. The number of carbonyl (C=O) groups is 1. The Hall–Kier alpha value is -3.50. The van der Waals surface area contributed by atoms with Crippen molar-refractivity contribution in [2.75, 3.05) is 13.1 Å². The second-order valence-electron chi connectivity index (χ2n) is 7.40. The smallest absolute Gasteiger partial charge is 0.269 e. The van der Waals surface area contributed by atoms with E-state index in [1.807, 2.05) is 21.3 Å². The van der Waals surface area contributed by atoms with E-state index >= 15 is 0 Å². The average Bonchev–Trinajstić information content (AvgIpc) is 3.40. The first-order valence-electron chi connectivity index (χ1n) is 9.88. The third kappa shape index (κ3) is 3.29. The summed E-state index contributed by atoms with van der Waals surface area (Å²) in [5, 5.41) is 5.74. The number of aliphatic imine (C=N–C) groups is 1. The minimum atomic E-state index is -0.683. The second kappa shape index (κ2) is 7.64. The number of fused-ring (bicyclic) bond motifs is 1. The van der Waals surface area contributed by atoms with Crippen molar-refractivity contribution in [2.45, 2.75) is 18.9 Å². The van der Waals surface area contributed by atoms with Gasteiger partial charge >= 0.3 is 0 Å². The number of nitrogens with zero attached hydrogens (tertiary/aromatic N) is 6. The van der Waals surface area contributed by atoms with Crippen LogP contribution in [0.3, 0.4) is 0 Å². The van der Waals surface area contributed by atoms with Crippen LogP contribution in [0.2, 0.25) is 0 Å². The number of carbonyl (C=O) groups excluding carboxylic acids is 1. The Morgan fingerprint density at radius 1 is 1.19 bits per heavy atom. The number of rotatable bonds is 4. The summed E-state index contributed by atoms with van der Waals surface area (Å²) in [6.45, 7) is 0.974. The number of aromatic nitrogens is 2. The molecule has 158 valence electrons. The lowest BCUT2D eigenvalue weighted by molar-refractivity contribution is -0.134. The molecule has 0 bridgehead atoms. The van der Waals surface area contributed by atoms with Crippen molar-refractivity contribution in [2.24, 2.45) is 10.7 Å². The van der Waals surface area contributed by atoms with Gasteiger partial charge in [-0.05, 0) is 37.1 Å². The molecule has 1 saturated heterocycles. The van der Waals surface area contributed by atoms with Gasteiger partial charge < -0.3 is 5.73 Å². The van der Waals surface area contributed by atoms with Gasteiger partial charge in [-0.2, -0.15) is 0 Å². The van der Waals surface area contributed by atoms with Crippen LogP contribution in [0.1, 0.15) is 40.6 Å². The zero-order chi connectivity index (χ0) is 21.5. The minimum absolute atomic E-state index is 0.0608. The fourth-order valence-corrected chi connectivity index (χ4v) is 4.30. The third-order valence-corrected chi connectivity index (χ3v) is 5.60. The Morgan fingerprint density at radius 2 is 2.03 bits per heavy atom. The Morgan fingerprint density at radius 3 is 2.87 bits per heavy atom. The van der Waals surface area contributed by atoms with E-state index < -0.39 is 17.5 Å². The summed E-state index contributed by atoms with van der Waals surface area (Å²) in [5.41, 5.74) is 6.91. The average molecular weight is 423 g/mol. The van der Waals surface area contributed by atoms with Crippen LogP contribution < -0.4 is 5.73 Å². The fourth-order valence-electron chi connectivity index (χ4n) is 4.30. The normalized spacial score (nSPS) is 21.2. The Balaban J connectivity index is 1.54. The minimum Gasteiger partial charge on any atom is -0.364 e. The van der Waals surface area contributed by atoms with Crippen molar-refractivity contribution in [1.82, 2.24) is 25.1 Å². The molecule has 0 unspecified atom stereocenters. The summed E-state index contributed by atoms with van der Waals surface area (Å²) in [5.74, 6) is -1.02. The lowest BCUT2D eigenvalue weighted by atomic mass is 10.0. The third-order valence-electron chi connectivity index (χ3n) is 5.60. The van der Waals surface area contributed by atoms with E-state index in [1.165, 1.54) is 18.5 Å². The zero-order valence-corrected chi connectivity index (χ0v) is 16.4. The van der Waals surface area contributed by atoms with Gasteiger partial charge in [0.15, 0.2) is 11.5 Å². The van der Waals surface area contributed by atoms with E-state index in [0.29, 0.717) is 42.2 Å². The molecule has 5 rings (SSSR count). The summed E-state index contributed by atoms with van der Waals surface area (Å²) in [7, 11) is 0. The van der Waals surface area contributed by atoms with Gasteiger partial charge in [0, 0.05) is 42.5 Å². The molecule has 1 aromatic heterocycles. The number of amides is 1. The lowest BCUT2D eigenvalue weighted by Crippen LogP contribution is -2.47. The molecule has 0 saturated carbocycles. The van der Waals surface area contributed by atoms with Crippen LogP contribution in [-0.2, 0) is 0 Å². The van der Waals surface area contributed by atoms with Gasteiger partial charge in [-0.25, -0.2) is 28.8 Å². The quantitative estimate of drug-likeness (QED) is 0.812. The van der Waals surface area contributed by atoms with Gasteiger partial charge in [0.05, 0.1) is 12.6 Å². The molecule has 4 heterocycles. The molecule has 1 aromatic carbocycles. The molecule has 8 nitrogen and oxygen atoms in total. The number of hydrazine groups is 2. The molecule has 1 fully saturated rings. The van der Waals surface area contributed by atoms with Crippen LogP contribution in [0, 0.1) is 11.6 Å². The van der Waals surface area contributed by atoms with Crippen molar-refractivity contribution in [1.29, 1.82) is 0 Å². The first-order chi connectivity index (χ1) is 15.0.